The SMILES string of the molecule is CC(CCO)C(=O)Nc1nccs1. The Kier molecular flexibility index (Phi) is 3.85. The summed E-state index contributed by atoms with van der Waals surface area (Å²) in [4.78, 5) is 15.3. The minimum Gasteiger partial charge on any atom is -0.396 e. The molecule has 1 unspecified atom stereocenters. The first-order valence-electron chi connectivity index (χ1n) is 4.05. The quantitative estimate of drug-likeness (QED) is 0.765. The molecule has 4 nitrogen and oxygen atoms in total. The molecule has 1 aromatic rings. The van der Waals surface area contributed by atoms with Gasteiger partial charge in [-0.05, 0) is 6.42 Å². The molecule has 1 aromatic heterocycles. The Balaban J connectivity index is 2.41. The zero-order valence-corrected chi connectivity index (χ0v) is 8.17. The Morgan fingerprint density at radius 2 is 2.62 bits per heavy atom. The van der Waals surface area contributed by atoms with Gasteiger partial charge in [0.15, 0.2) is 5.13 Å². The minimum absolute atomic E-state index is 0.0342. The standard InChI is InChI=1S/C8H12N2O2S/c1-6(2-4-11)7(12)10-8-9-3-5-13-8/h3,5-6,11H,2,4H2,1H3,(H,9,10,12). The fourth-order valence-electron chi connectivity index (χ4n) is 0.839. The lowest BCUT2D eigenvalue weighted by Gasteiger charge is -2.07. The van der Waals surface area contributed by atoms with Gasteiger partial charge in [-0.25, -0.2) is 4.98 Å². The molecule has 72 valence electrons. The predicted octanol–water partition coefficient (Wildman–Crippen LogP) is 1.10. The highest BCUT2D eigenvalue weighted by molar-refractivity contribution is 7.13. The predicted molar refractivity (Wildman–Crippen MR) is 51.6 cm³/mol. The maximum Gasteiger partial charge on any atom is 0.229 e. The highest BCUT2D eigenvalue weighted by Crippen LogP contribution is 2.12. The molecular weight excluding hydrogens is 188 g/mol. The molecule has 1 atom stereocenters. The number of aliphatic hydroxyl groups excluding tert-OH is 1. The zero-order valence-electron chi connectivity index (χ0n) is 7.36. The van der Waals surface area contributed by atoms with Gasteiger partial charge in [0.25, 0.3) is 0 Å². The van der Waals surface area contributed by atoms with E-state index in [1.807, 2.05) is 0 Å². The van der Waals surface area contributed by atoms with E-state index >= 15 is 0 Å². The molecule has 5 heteroatoms. The van der Waals surface area contributed by atoms with Crippen molar-refractivity contribution < 1.29 is 9.90 Å². The molecule has 0 aromatic carbocycles. The van der Waals surface area contributed by atoms with Gasteiger partial charge in [0.1, 0.15) is 0 Å². The summed E-state index contributed by atoms with van der Waals surface area (Å²) in [6.45, 7) is 1.81. The third-order valence-electron chi connectivity index (χ3n) is 1.67. The van der Waals surface area contributed by atoms with E-state index in [0.29, 0.717) is 11.6 Å². The van der Waals surface area contributed by atoms with E-state index in [0.717, 1.165) is 0 Å². The third kappa shape index (κ3) is 3.12. The van der Waals surface area contributed by atoms with Gasteiger partial charge in [-0.15, -0.1) is 11.3 Å². The largest absolute Gasteiger partial charge is 0.396 e. The molecule has 0 aliphatic heterocycles. The zero-order chi connectivity index (χ0) is 9.68. The van der Waals surface area contributed by atoms with Crippen molar-refractivity contribution in [1.29, 1.82) is 0 Å². The molecule has 0 saturated carbocycles. The van der Waals surface area contributed by atoms with Crippen LogP contribution in [0.4, 0.5) is 5.13 Å². The molecule has 1 rings (SSSR count). The number of carbonyl (C=O) groups is 1. The molecule has 0 bridgehead atoms. The van der Waals surface area contributed by atoms with E-state index in [1.165, 1.54) is 11.3 Å². The van der Waals surface area contributed by atoms with Crippen LogP contribution in [0.5, 0.6) is 0 Å². The Hall–Kier alpha value is -0.940. The molecule has 2 N–H and O–H groups in total. The topological polar surface area (TPSA) is 62.2 Å². The summed E-state index contributed by atoms with van der Waals surface area (Å²) in [7, 11) is 0. The fraction of sp³-hybridized carbons (Fsp3) is 0.500. The number of rotatable bonds is 4. The van der Waals surface area contributed by atoms with E-state index in [-0.39, 0.29) is 18.4 Å². The number of amides is 1. The normalized spacial score (nSPS) is 12.5. The number of anilines is 1. The summed E-state index contributed by atoms with van der Waals surface area (Å²) in [5, 5.41) is 13.7. The van der Waals surface area contributed by atoms with Gasteiger partial charge in [-0.1, -0.05) is 6.92 Å². The molecule has 0 aliphatic carbocycles. The fourth-order valence-corrected chi connectivity index (χ4v) is 1.37. The first-order chi connectivity index (χ1) is 6.24. The molecule has 0 saturated heterocycles. The lowest BCUT2D eigenvalue weighted by molar-refractivity contribution is -0.119. The molecule has 1 heterocycles. The van der Waals surface area contributed by atoms with Crippen LogP contribution in [0.2, 0.25) is 0 Å². The average Bonchev–Trinajstić information content (AvgIpc) is 2.57. The van der Waals surface area contributed by atoms with Crippen LogP contribution in [0.15, 0.2) is 11.6 Å². The first kappa shape index (κ1) is 10.1. The summed E-state index contributed by atoms with van der Waals surface area (Å²) < 4.78 is 0. The van der Waals surface area contributed by atoms with Crippen molar-refractivity contribution in [2.45, 2.75) is 13.3 Å². The van der Waals surface area contributed by atoms with Crippen molar-refractivity contribution in [3.63, 3.8) is 0 Å². The van der Waals surface area contributed by atoms with E-state index in [9.17, 15) is 4.79 Å². The Morgan fingerprint density at radius 3 is 3.15 bits per heavy atom. The van der Waals surface area contributed by atoms with Crippen LogP contribution in [0, 0.1) is 5.92 Å². The van der Waals surface area contributed by atoms with Crippen molar-refractivity contribution in [2.24, 2.45) is 5.92 Å². The molecule has 0 spiro atoms. The maximum absolute atomic E-state index is 11.3. The van der Waals surface area contributed by atoms with Crippen LogP contribution in [0.25, 0.3) is 0 Å². The molecule has 0 fully saturated rings. The van der Waals surface area contributed by atoms with Gasteiger partial charge in [0.05, 0.1) is 0 Å². The summed E-state index contributed by atoms with van der Waals surface area (Å²) >= 11 is 1.38. The Bertz CT molecular complexity index is 261. The Labute approximate surface area is 80.6 Å². The van der Waals surface area contributed by atoms with E-state index in [2.05, 4.69) is 10.3 Å². The molecule has 13 heavy (non-hydrogen) atoms. The lowest BCUT2D eigenvalue weighted by Crippen LogP contribution is -2.21. The number of carbonyl (C=O) groups excluding carboxylic acids is 1. The second-order valence-electron chi connectivity index (χ2n) is 2.74. The molecule has 1 amide bonds. The summed E-state index contributed by atoms with van der Waals surface area (Å²) in [6.07, 6.45) is 2.12. The summed E-state index contributed by atoms with van der Waals surface area (Å²) in [5.41, 5.74) is 0. The average molecular weight is 200 g/mol. The molecule has 0 aliphatic rings. The van der Waals surface area contributed by atoms with Crippen molar-refractivity contribution >= 4 is 22.4 Å². The van der Waals surface area contributed by atoms with Gasteiger partial charge >= 0.3 is 0 Å². The van der Waals surface area contributed by atoms with Crippen LogP contribution in [0.3, 0.4) is 0 Å². The number of hydrogen-bond acceptors (Lipinski definition) is 4. The van der Waals surface area contributed by atoms with Crippen LogP contribution in [-0.2, 0) is 4.79 Å². The number of nitrogens with one attached hydrogen (secondary N) is 1. The Morgan fingerprint density at radius 1 is 1.85 bits per heavy atom. The van der Waals surface area contributed by atoms with Crippen molar-refractivity contribution in [3.05, 3.63) is 11.6 Å². The summed E-state index contributed by atoms with van der Waals surface area (Å²) in [6, 6.07) is 0. The molecule has 0 radical (unpaired) electrons. The third-order valence-corrected chi connectivity index (χ3v) is 2.36. The van der Waals surface area contributed by atoms with Gasteiger partial charge in [0.2, 0.25) is 5.91 Å². The number of aromatic nitrogens is 1. The van der Waals surface area contributed by atoms with Crippen LogP contribution >= 0.6 is 11.3 Å². The number of nitrogens with zero attached hydrogens (tertiary/aromatic N) is 1. The highest BCUT2D eigenvalue weighted by Gasteiger charge is 2.12. The van der Waals surface area contributed by atoms with E-state index in [4.69, 9.17) is 5.11 Å². The monoisotopic (exact) mass is 200 g/mol. The van der Waals surface area contributed by atoms with Gasteiger partial charge in [-0.3, -0.25) is 4.79 Å². The van der Waals surface area contributed by atoms with Crippen LogP contribution in [0.1, 0.15) is 13.3 Å². The number of aliphatic hydroxyl groups is 1. The highest BCUT2D eigenvalue weighted by atomic mass is 32.1. The maximum atomic E-state index is 11.3. The lowest BCUT2D eigenvalue weighted by atomic mass is 10.1. The van der Waals surface area contributed by atoms with Crippen molar-refractivity contribution in [1.82, 2.24) is 4.98 Å². The number of thiazole rings is 1. The number of hydrogen-bond donors (Lipinski definition) is 2. The van der Waals surface area contributed by atoms with Gasteiger partial charge in [0, 0.05) is 24.1 Å². The summed E-state index contributed by atoms with van der Waals surface area (Å²) in [5.74, 6) is -0.266. The van der Waals surface area contributed by atoms with Crippen LogP contribution < -0.4 is 5.32 Å². The second-order valence-corrected chi connectivity index (χ2v) is 3.63. The van der Waals surface area contributed by atoms with Crippen LogP contribution in [-0.4, -0.2) is 22.6 Å². The van der Waals surface area contributed by atoms with Crippen molar-refractivity contribution in [2.75, 3.05) is 11.9 Å². The van der Waals surface area contributed by atoms with E-state index < -0.39 is 0 Å². The van der Waals surface area contributed by atoms with Gasteiger partial charge < -0.3 is 10.4 Å². The van der Waals surface area contributed by atoms with Gasteiger partial charge in [-0.2, -0.15) is 0 Å². The first-order valence-corrected chi connectivity index (χ1v) is 4.93. The molecular formula is C8H12N2O2S. The smallest absolute Gasteiger partial charge is 0.229 e. The minimum atomic E-state index is -0.172. The second kappa shape index (κ2) is 4.94. The van der Waals surface area contributed by atoms with E-state index in [1.54, 1.807) is 18.5 Å². The van der Waals surface area contributed by atoms with Crippen molar-refractivity contribution in [3.8, 4) is 0 Å².